The van der Waals surface area contributed by atoms with Crippen molar-refractivity contribution in [2.45, 2.75) is 117 Å². The molecule has 0 aromatic heterocycles. The number of guanidine groups is 4. The van der Waals surface area contributed by atoms with Gasteiger partial charge >= 0.3 is 0 Å². The smallest absolute Gasteiger partial charge is 0.195 e. The summed E-state index contributed by atoms with van der Waals surface area (Å²) in [5, 5.41) is 5.72. The van der Waals surface area contributed by atoms with E-state index < -0.39 is 0 Å². The quantitative estimate of drug-likeness (QED) is 0.0718. The van der Waals surface area contributed by atoms with Gasteiger partial charge in [-0.05, 0) is 25.7 Å². The van der Waals surface area contributed by atoms with Gasteiger partial charge in [0.05, 0.1) is 0 Å². The van der Waals surface area contributed by atoms with Gasteiger partial charge in [0.25, 0.3) is 0 Å². The lowest BCUT2D eigenvalue weighted by Gasteiger charge is -2.05. The summed E-state index contributed by atoms with van der Waals surface area (Å²) in [6.07, 6.45) is 18.6. The highest BCUT2D eigenvalue weighted by Crippen LogP contribution is 2.06. The molecule has 0 spiro atoms. The Bertz CT molecular complexity index is 581. The summed E-state index contributed by atoms with van der Waals surface area (Å²) in [5.41, 5.74) is 23.5. The van der Waals surface area contributed by atoms with Crippen LogP contribution in [0.15, 0.2) is 20.0 Å². The summed E-state index contributed by atoms with van der Waals surface area (Å²) in [7, 11) is 0. The maximum absolute atomic E-state index is 5.88. The highest BCUT2D eigenvalue weighted by atomic mass is 35.5. The third-order valence-corrected chi connectivity index (χ3v) is 5.73. The molecule has 0 heterocycles. The normalized spacial score (nSPS) is 12.9. The van der Waals surface area contributed by atoms with E-state index in [1.807, 2.05) is 0 Å². The zero-order chi connectivity index (χ0) is 26.7. The Labute approximate surface area is 232 Å². The van der Waals surface area contributed by atoms with Gasteiger partial charge in [0.2, 0.25) is 0 Å². The molecule has 0 aromatic carbocycles. The Kier molecular flexibility index (Phi) is 28.3. The highest BCUT2D eigenvalue weighted by Gasteiger charge is 1.98. The van der Waals surface area contributed by atoms with Crippen LogP contribution in [-0.4, -0.2) is 50.0 Å². The van der Waals surface area contributed by atoms with Crippen LogP contribution in [0.3, 0.4) is 0 Å². The minimum Gasteiger partial charge on any atom is -0.370 e. The molecule has 10 nitrogen and oxygen atoms in total. The van der Waals surface area contributed by atoms with E-state index in [2.05, 4.69) is 44.5 Å². The lowest BCUT2D eigenvalue weighted by Crippen LogP contribution is -2.41. The summed E-state index contributed by atoms with van der Waals surface area (Å²) < 4.78 is 0. The summed E-state index contributed by atoms with van der Waals surface area (Å²) in [6, 6.07) is 0. The Hall–Kier alpha value is -2.23. The first-order chi connectivity index (χ1) is 17.5. The van der Waals surface area contributed by atoms with E-state index in [-0.39, 0.29) is 12.4 Å². The number of rotatable bonds is 21. The van der Waals surface area contributed by atoms with Crippen molar-refractivity contribution in [3.05, 3.63) is 0 Å². The van der Waals surface area contributed by atoms with Crippen molar-refractivity contribution in [3.63, 3.8) is 0 Å². The van der Waals surface area contributed by atoms with Crippen molar-refractivity contribution in [2.24, 2.45) is 42.9 Å². The molecule has 0 aliphatic carbocycles. The van der Waals surface area contributed by atoms with Crippen LogP contribution < -0.4 is 33.6 Å². The molecule has 0 rings (SSSR count). The average molecular weight is 545 g/mol. The Morgan fingerprint density at radius 2 is 0.622 bits per heavy atom. The van der Waals surface area contributed by atoms with Gasteiger partial charge in [-0.3, -0.25) is 30.6 Å². The third kappa shape index (κ3) is 28.2. The first kappa shape index (κ1) is 36.9. The van der Waals surface area contributed by atoms with E-state index >= 15 is 0 Å². The molecule has 0 amide bonds. The van der Waals surface area contributed by atoms with Crippen LogP contribution in [0.1, 0.15) is 117 Å². The first-order valence-corrected chi connectivity index (χ1v) is 14.2. The van der Waals surface area contributed by atoms with Crippen molar-refractivity contribution in [1.82, 2.24) is 10.6 Å². The second-order valence-electron chi connectivity index (χ2n) is 9.27. The Morgan fingerprint density at radius 1 is 0.405 bits per heavy atom. The minimum atomic E-state index is 0. The summed E-state index contributed by atoms with van der Waals surface area (Å²) in [4.78, 5) is 17.2. The maximum atomic E-state index is 5.88. The molecular formula is C26H57ClN10. The molecule has 0 saturated carbocycles. The lowest BCUT2D eigenvalue weighted by molar-refractivity contribution is 0.601. The molecule has 0 aliphatic heterocycles. The second-order valence-corrected chi connectivity index (χ2v) is 9.27. The van der Waals surface area contributed by atoms with Gasteiger partial charge in [0.1, 0.15) is 0 Å². The fourth-order valence-electron chi connectivity index (χ4n) is 3.58. The van der Waals surface area contributed by atoms with E-state index in [4.69, 9.17) is 22.9 Å². The SMILES string of the molecule is CCCCCCCN=C(N)NC(N)=NCCCCCCCCN=C(N)NC(N)=NCCCCCCC.Cl. The van der Waals surface area contributed by atoms with Crippen LogP contribution in [0.25, 0.3) is 0 Å². The number of unbranched alkanes of at least 4 members (excludes halogenated alkanes) is 13. The van der Waals surface area contributed by atoms with Gasteiger partial charge in [-0.15, -0.1) is 12.4 Å². The van der Waals surface area contributed by atoms with Crippen LogP contribution in [0.5, 0.6) is 0 Å². The molecule has 218 valence electrons. The second kappa shape index (κ2) is 28.3. The Balaban J connectivity index is 0. The molecule has 10 N–H and O–H groups in total. The van der Waals surface area contributed by atoms with Crippen LogP contribution in [0.4, 0.5) is 0 Å². The van der Waals surface area contributed by atoms with Gasteiger partial charge in [0.15, 0.2) is 23.8 Å². The number of nitrogens with zero attached hydrogens (tertiary/aromatic N) is 4. The van der Waals surface area contributed by atoms with Crippen molar-refractivity contribution in [1.29, 1.82) is 0 Å². The fraction of sp³-hybridized carbons (Fsp3) is 0.846. The van der Waals surface area contributed by atoms with Crippen molar-refractivity contribution in [2.75, 3.05) is 26.2 Å². The van der Waals surface area contributed by atoms with Gasteiger partial charge in [-0.2, -0.15) is 0 Å². The van der Waals surface area contributed by atoms with E-state index in [9.17, 15) is 0 Å². The lowest BCUT2D eigenvalue weighted by atomic mass is 10.1. The summed E-state index contributed by atoms with van der Waals surface area (Å²) in [6.45, 7) is 7.26. The maximum Gasteiger partial charge on any atom is 0.195 e. The highest BCUT2D eigenvalue weighted by molar-refractivity contribution is 5.97. The van der Waals surface area contributed by atoms with Crippen molar-refractivity contribution < 1.29 is 0 Å². The molecule has 0 fully saturated rings. The monoisotopic (exact) mass is 544 g/mol. The molecule has 37 heavy (non-hydrogen) atoms. The number of nitrogens with one attached hydrogen (secondary N) is 2. The predicted octanol–water partition coefficient (Wildman–Crippen LogP) is 4.13. The molecule has 0 aromatic rings. The molecule has 0 bridgehead atoms. The fourth-order valence-corrected chi connectivity index (χ4v) is 3.58. The zero-order valence-corrected chi connectivity index (χ0v) is 24.5. The number of aliphatic imine (C=N–C) groups is 4. The molecule has 0 aliphatic rings. The number of hydrogen-bond acceptors (Lipinski definition) is 4. The van der Waals surface area contributed by atoms with Gasteiger partial charge < -0.3 is 22.9 Å². The van der Waals surface area contributed by atoms with Crippen LogP contribution in [0, 0.1) is 0 Å². The standard InChI is InChI=1S/C26H56N10.ClH/c1-3-5-7-11-15-19-31-23(27)35-25(29)33-21-17-13-9-10-14-18-22-34-26(30)36-24(28)32-20-16-12-8-6-4-2;/h3-22H2,1-2H3,(H5,27,29,31,33,35)(H5,28,30,32,34,36);1H. The van der Waals surface area contributed by atoms with Crippen molar-refractivity contribution in [3.8, 4) is 0 Å². The van der Waals surface area contributed by atoms with E-state index in [0.717, 1.165) is 51.6 Å². The van der Waals surface area contributed by atoms with Crippen LogP contribution >= 0.6 is 12.4 Å². The molecular weight excluding hydrogens is 488 g/mol. The number of hydrogen-bond donors (Lipinski definition) is 6. The molecule has 11 heteroatoms. The summed E-state index contributed by atoms with van der Waals surface area (Å²) in [5.74, 6) is 1.36. The van der Waals surface area contributed by atoms with Gasteiger partial charge in [0, 0.05) is 26.2 Å². The van der Waals surface area contributed by atoms with E-state index in [1.54, 1.807) is 0 Å². The van der Waals surface area contributed by atoms with Gasteiger partial charge in [-0.25, -0.2) is 0 Å². The largest absolute Gasteiger partial charge is 0.370 e. The van der Waals surface area contributed by atoms with Gasteiger partial charge in [-0.1, -0.05) is 90.9 Å². The van der Waals surface area contributed by atoms with Crippen LogP contribution in [0.2, 0.25) is 0 Å². The van der Waals surface area contributed by atoms with Crippen LogP contribution in [-0.2, 0) is 0 Å². The van der Waals surface area contributed by atoms with Crippen molar-refractivity contribution >= 4 is 36.2 Å². The average Bonchev–Trinajstić information content (AvgIpc) is 2.84. The number of nitrogens with two attached hydrogens (primary N) is 4. The van der Waals surface area contributed by atoms with E-state index in [0.29, 0.717) is 36.9 Å². The Morgan fingerprint density at radius 3 is 0.865 bits per heavy atom. The topological polar surface area (TPSA) is 178 Å². The third-order valence-electron chi connectivity index (χ3n) is 5.73. The molecule has 0 atom stereocenters. The first-order valence-electron chi connectivity index (χ1n) is 14.2. The van der Waals surface area contributed by atoms with E-state index in [1.165, 1.54) is 64.2 Å². The summed E-state index contributed by atoms with van der Waals surface area (Å²) >= 11 is 0. The zero-order valence-electron chi connectivity index (χ0n) is 23.6. The minimum absolute atomic E-state index is 0. The number of halogens is 1. The molecule has 0 saturated heterocycles. The molecule has 0 radical (unpaired) electrons. The predicted molar refractivity (Wildman–Crippen MR) is 165 cm³/mol. The molecule has 0 unspecified atom stereocenters.